The molecule has 1 N–H and O–H groups in total. The maximum atomic E-state index is 3.45. The fraction of sp³-hybridized carbons (Fsp3) is 1.00. The third-order valence-corrected chi connectivity index (χ3v) is 3.39. The predicted octanol–water partition coefficient (Wildman–Crippen LogP) is 1.57. The summed E-state index contributed by atoms with van der Waals surface area (Å²) in [6, 6.07) is 1.38. The Balaban J connectivity index is 2.66. The Morgan fingerprint density at radius 1 is 1.15 bits per heavy atom. The highest BCUT2D eigenvalue weighted by atomic mass is 15.1. The van der Waals surface area contributed by atoms with E-state index in [1.165, 1.54) is 12.8 Å². The molecule has 0 radical (unpaired) electrons. The maximum absolute atomic E-state index is 3.45. The van der Waals surface area contributed by atoms with Crippen LogP contribution in [0.15, 0.2) is 0 Å². The van der Waals surface area contributed by atoms with Crippen LogP contribution in [0.4, 0.5) is 0 Å². The molecule has 1 aliphatic rings. The topological polar surface area (TPSA) is 15.3 Å². The highest BCUT2D eigenvalue weighted by Gasteiger charge is 2.34. The van der Waals surface area contributed by atoms with Gasteiger partial charge in [0.2, 0.25) is 0 Å². The summed E-state index contributed by atoms with van der Waals surface area (Å²) in [4.78, 5) is 2.37. The van der Waals surface area contributed by atoms with Crippen molar-refractivity contribution in [1.29, 1.82) is 0 Å². The van der Waals surface area contributed by atoms with E-state index in [2.05, 4.69) is 45.2 Å². The first-order chi connectivity index (χ1) is 6.06. The van der Waals surface area contributed by atoms with Crippen LogP contribution in [0.5, 0.6) is 0 Å². The van der Waals surface area contributed by atoms with Gasteiger partial charge in [0.15, 0.2) is 0 Å². The SMILES string of the molecule is CNC1CC(C)CC(C)C1N(C)C. The summed E-state index contributed by atoms with van der Waals surface area (Å²) in [5.74, 6) is 1.69. The number of hydrogen-bond donors (Lipinski definition) is 1. The largest absolute Gasteiger partial charge is 0.315 e. The average molecular weight is 184 g/mol. The van der Waals surface area contributed by atoms with Gasteiger partial charge in [0.1, 0.15) is 0 Å². The van der Waals surface area contributed by atoms with Crippen LogP contribution in [0.2, 0.25) is 0 Å². The molecule has 4 atom stereocenters. The van der Waals surface area contributed by atoms with Crippen LogP contribution in [-0.4, -0.2) is 38.1 Å². The van der Waals surface area contributed by atoms with E-state index in [4.69, 9.17) is 0 Å². The molecule has 2 nitrogen and oxygen atoms in total. The summed E-state index contributed by atoms with van der Waals surface area (Å²) in [7, 11) is 6.48. The van der Waals surface area contributed by atoms with Gasteiger partial charge in [0.05, 0.1) is 0 Å². The fourth-order valence-electron chi connectivity index (χ4n) is 3.00. The molecule has 13 heavy (non-hydrogen) atoms. The molecule has 0 aliphatic heterocycles. The van der Waals surface area contributed by atoms with E-state index < -0.39 is 0 Å². The van der Waals surface area contributed by atoms with Gasteiger partial charge in [-0.2, -0.15) is 0 Å². The van der Waals surface area contributed by atoms with Gasteiger partial charge in [0.25, 0.3) is 0 Å². The second-order valence-electron chi connectivity index (χ2n) is 4.90. The molecular weight excluding hydrogens is 160 g/mol. The average Bonchev–Trinajstić information content (AvgIpc) is 2.01. The molecule has 0 aromatic rings. The molecule has 1 saturated carbocycles. The first kappa shape index (κ1) is 11.0. The van der Waals surface area contributed by atoms with Gasteiger partial charge < -0.3 is 10.2 Å². The predicted molar refractivity (Wildman–Crippen MR) is 57.9 cm³/mol. The summed E-state index contributed by atoms with van der Waals surface area (Å²) >= 11 is 0. The molecular formula is C11H24N2. The third kappa shape index (κ3) is 2.44. The Bertz CT molecular complexity index is 156. The van der Waals surface area contributed by atoms with Crippen molar-refractivity contribution in [3.8, 4) is 0 Å². The number of hydrogen-bond acceptors (Lipinski definition) is 2. The second kappa shape index (κ2) is 4.43. The van der Waals surface area contributed by atoms with E-state index in [-0.39, 0.29) is 0 Å². The molecule has 0 heterocycles. The van der Waals surface area contributed by atoms with Crippen LogP contribution in [0.1, 0.15) is 26.7 Å². The van der Waals surface area contributed by atoms with E-state index in [9.17, 15) is 0 Å². The Labute approximate surface area is 82.7 Å². The summed E-state index contributed by atoms with van der Waals surface area (Å²) in [6.45, 7) is 4.75. The van der Waals surface area contributed by atoms with Crippen LogP contribution < -0.4 is 5.32 Å². The molecule has 78 valence electrons. The highest BCUT2D eigenvalue weighted by molar-refractivity contribution is 4.91. The van der Waals surface area contributed by atoms with Gasteiger partial charge in [-0.15, -0.1) is 0 Å². The van der Waals surface area contributed by atoms with E-state index in [1.807, 2.05) is 0 Å². The molecule has 1 aliphatic carbocycles. The van der Waals surface area contributed by atoms with Crippen LogP contribution in [0.25, 0.3) is 0 Å². The summed E-state index contributed by atoms with van der Waals surface area (Å²) in [6.07, 6.45) is 2.70. The van der Waals surface area contributed by atoms with Gasteiger partial charge in [-0.25, -0.2) is 0 Å². The molecule has 0 amide bonds. The van der Waals surface area contributed by atoms with E-state index >= 15 is 0 Å². The molecule has 0 aromatic heterocycles. The van der Waals surface area contributed by atoms with Crippen molar-refractivity contribution in [2.75, 3.05) is 21.1 Å². The van der Waals surface area contributed by atoms with Gasteiger partial charge in [-0.3, -0.25) is 0 Å². The molecule has 1 rings (SSSR count). The monoisotopic (exact) mass is 184 g/mol. The van der Waals surface area contributed by atoms with E-state index in [0.717, 1.165) is 11.8 Å². The smallest absolute Gasteiger partial charge is 0.0268 e. The van der Waals surface area contributed by atoms with Crippen LogP contribution in [0, 0.1) is 11.8 Å². The molecule has 4 unspecified atom stereocenters. The van der Waals surface area contributed by atoms with Crippen molar-refractivity contribution in [3.63, 3.8) is 0 Å². The first-order valence-electron chi connectivity index (χ1n) is 5.40. The van der Waals surface area contributed by atoms with Crippen molar-refractivity contribution in [1.82, 2.24) is 10.2 Å². The number of likely N-dealkylation sites (N-methyl/N-ethyl adjacent to an activating group) is 2. The van der Waals surface area contributed by atoms with Crippen LogP contribution in [-0.2, 0) is 0 Å². The normalized spacial score (nSPS) is 41.1. The summed E-state index contributed by atoms with van der Waals surface area (Å²) in [5.41, 5.74) is 0. The van der Waals surface area contributed by atoms with Crippen molar-refractivity contribution in [2.24, 2.45) is 11.8 Å². The first-order valence-corrected chi connectivity index (χ1v) is 5.40. The second-order valence-corrected chi connectivity index (χ2v) is 4.90. The molecule has 0 saturated heterocycles. The minimum atomic E-state index is 0.675. The molecule has 0 bridgehead atoms. The highest BCUT2D eigenvalue weighted by Crippen LogP contribution is 2.31. The zero-order valence-electron chi connectivity index (χ0n) is 9.67. The quantitative estimate of drug-likeness (QED) is 0.701. The summed E-state index contributed by atoms with van der Waals surface area (Å²) in [5, 5.41) is 3.45. The Hall–Kier alpha value is -0.0800. The Kier molecular flexibility index (Phi) is 3.74. The van der Waals surface area contributed by atoms with Gasteiger partial charge in [-0.05, 0) is 45.8 Å². The Morgan fingerprint density at radius 3 is 2.23 bits per heavy atom. The molecule has 0 aromatic carbocycles. The van der Waals surface area contributed by atoms with Crippen molar-refractivity contribution in [3.05, 3.63) is 0 Å². The van der Waals surface area contributed by atoms with Gasteiger partial charge in [-0.1, -0.05) is 13.8 Å². The number of nitrogens with zero attached hydrogens (tertiary/aromatic N) is 1. The van der Waals surface area contributed by atoms with Crippen molar-refractivity contribution >= 4 is 0 Å². The molecule has 0 spiro atoms. The minimum absolute atomic E-state index is 0.675. The van der Waals surface area contributed by atoms with E-state index in [0.29, 0.717) is 12.1 Å². The number of nitrogens with one attached hydrogen (secondary N) is 1. The van der Waals surface area contributed by atoms with Crippen molar-refractivity contribution < 1.29 is 0 Å². The number of rotatable bonds is 2. The lowest BCUT2D eigenvalue weighted by Crippen LogP contribution is -2.53. The standard InChI is InChI=1S/C11H24N2/c1-8-6-9(2)11(13(4)5)10(7-8)12-3/h8-12H,6-7H2,1-5H3. The Morgan fingerprint density at radius 2 is 1.77 bits per heavy atom. The minimum Gasteiger partial charge on any atom is -0.315 e. The van der Waals surface area contributed by atoms with E-state index in [1.54, 1.807) is 0 Å². The van der Waals surface area contributed by atoms with Crippen molar-refractivity contribution in [2.45, 2.75) is 38.8 Å². The van der Waals surface area contributed by atoms with Crippen LogP contribution in [0.3, 0.4) is 0 Å². The lowest BCUT2D eigenvalue weighted by atomic mass is 9.76. The fourth-order valence-corrected chi connectivity index (χ4v) is 3.00. The van der Waals surface area contributed by atoms with Gasteiger partial charge in [0, 0.05) is 12.1 Å². The van der Waals surface area contributed by atoms with Gasteiger partial charge >= 0.3 is 0 Å². The lowest BCUT2D eigenvalue weighted by molar-refractivity contribution is 0.102. The third-order valence-electron chi connectivity index (χ3n) is 3.39. The van der Waals surface area contributed by atoms with Crippen LogP contribution >= 0.6 is 0 Å². The zero-order chi connectivity index (χ0) is 10.0. The molecule has 2 heteroatoms. The molecule has 1 fully saturated rings. The summed E-state index contributed by atoms with van der Waals surface area (Å²) < 4.78 is 0. The maximum Gasteiger partial charge on any atom is 0.0268 e. The lowest BCUT2D eigenvalue weighted by Gasteiger charge is -2.43. The zero-order valence-corrected chi connectivity index (χ0v) is 9.67.